The van der Waals surface area contributed by atoms with Crippen LogP contribution in [0, 0.1) is 21.8 Å². The molecule has 1 fully saturated rings. The van der Waals surface area contributed by atoms with Crippen LogP contribution in [0.4, 0.5) is 15.8 Å². The second kappa shape index (κ2) is 7.38. The summed E-state index contributed by atoms with van der Waals surface area (Å²) in [7, 11) is 0. The van der Waals surface area contributed by atoms with Gasteiger partial charge in [-0.3, -0.25) is 10.1 Å². The van der Waals surface area contributed by atoms with Gasteiger partial charge < -0.3 is 5.32 Å². The number of halogens is 1. The van der Waals surface area contributed by atoms with Gasteiger partial charge >= 0.3 is 5.69 Å². The van der Waals surface area contributed by atoms with Crippen molar-refractivity contribution in [2.24, 2.45) is 5.92 Å². The molecule has 0 spiro atoms. The Morgan fingerprint density at radius 3 is 2.81 bits per heavy atom. The molecule has 116 valence electrons. The first-order valence-electron chi connectivity index (χ1n) is 7.80. The average molecular weight is 294 g/mol. The van der Waals surface area contributed by atoms with Gasteiger partial charge in [-0.2, -0.15) is 4.39 Å². The fraction of sp³-hybridized carbons (Fsp3) is 0.625. The van der Waals surface area contributed by atoms with Crippen LogP contribution < -0.4 is 5.32 Å². The van der Waals surface area contributed by atoms with Gasteiger partial charge in [0, 0.05) is 23.9 Å². The molecule has 2 unspecified atom stereocenters. The third-order valence-electron chi connectivity index (χ3n) is 4.30. The average Bonchev–Trinajstić information content (AvgIpc) is 2.65. The summed E-state index contributed by atoms with van der Waals surface area (Å²) in [6.45, 7) is 2.22. The molecule has 4 nitrogen and oxygen atoms in total. The zero-order valence-electron chi connectivity index (χ0n) is 12.5. The van der Waals surface area contributed by atoms with E-state index >= 15 is 0 Å². The minimum Gasteiger partial charge on any atom is -0.382 e. The van der Waals surface area contributed by atoms with E-state index in [-0.39, 0.29) is 0 Å². The quantitative estimate of drug-likeness (QED) is 0.477. The van der Waals surface area contributed by atoms with Crippen molar-refractivity contribution in [3.63, 3.8) is 0 Å². The molecule has 5 heteroatoms. The van der Waals surface area contributed by atoms with Crippen LogP contribution in [0.5, 0.6) is 0 Å². The minimum atomic E-state index is -0.775. The zero-order valence-corrected chi connectivity index (χ0v) is 12.5. The second-order valence-electron chi connectivity index (χ2n) is 5.93. The van der Waals surface area contributed by atoms with Crippen molar-refractivity contribution in [3.8, 4) is 0 Å². The van der Waals surface area contributed by atoms with E-state index in [2.05, 4.69) is 12.2 Å². The van der Waals surface area contributed by atoms with Gasteiger partial charge in [0.15, 0.2) is 0 Å². The molecule has 0 amide bonds. The summed E-state index contributed by atoms with van der Waals surface area (Å²) in [4.78, 5) is 9.92. The SMILES string of the molecule is CCCC1CCCC(Nc2ccc([N+](=O)[O-])c(F)c2)CC1. The van der Waals surface area contributed by atoms with Crippen molar-refractivity contribution in [3.05, 3.63) is 34.1 Å². The number of nitrogens with zero attached hydrogens (tertiary/aromatic N) is 1. The molecule has 1 N–H and O–H groups in total. The molecule has 21 heavy (non-hydrogen) atoms. The van der Waals surface area contributed by atoms with Gasteiger partial charge in [0.25, 0.3) is 0 Å². The number of benzene rings is 1. The molecule has 0 radical (unpaired) electrons. The van der Waals surface area contributed by atoms with Crippen LogP contribution in [-0.4, -0.2) is 11.0 Å². The molecule has 2 rings (SSSR count). The lowest BCUT2D eigenvalue weighted by Crippen LogP contribution is -2.18. The van der Waals surface area contributed by atoms with Crippen LogP contribution in [-0.2, 0) is 0 Å². The number of hydrogen-bond donors (Lipinski definition) is 1. The molecular formula is C16H23FN2O2. The van der Waals surface area contributed by atoms with Crippen LogP contribution in [0.1, 0.15) is 51.9 Å². The van der Waals surface area contributed by atoms with Gasteiger partial charge in [0.05, 0.1) is 4.92 Å². The van der Waals surface area contributed by atoms with Crippen LogP contribution in [0.3, 0.4) is 0 Å². The highest BCUT2D eigenvalue weighted by atomic mass is 19.1. The smallest absolute Gasteiger partial charge is 0.304 e. The Kier molecular flexibility index (Phi) is 5.53. The maximum absolute atomic E-state index is 13.6. The van der Waals surface area contributed by atoms with E-state index in [4.69, 9.17) is 0 Å². The maximum atomic E-state index is 13.6. The molecule has 1 aromatic rings. The number of hydrogen-bond acceptors (Lipinski definition) is 3. The first-order chi connectivity index (χ1) is 10.1. The zero-order chi connectivity index (χ0) is 15.2. The largest absolute Gasteiger partial charge is 0.382 e. The lowest BCUT2D eigenvalue weighted by atomic mass is 9.95. The lowest BCUT2D eigenvalue weighted by molar-refractivity contribution is -0.387. The summed E-state index contributed by atoms with van der Waals surface area (Å²) in [5.41, 5.74) is 0.168. The van der Waals surface area contributed by atoms with Crippen LogP contribution in [0.25, 0.3) is 0 Å². The Balaban J connectivity index is 1.95. The Labute approximate surface area is 124 Å². The molecule has 1 aliphatic carbocycles. The maximum Gasteiger partial charge on any atom is 0.304 e. The summed E-state index contributed by atoms with van der Waals surface area (Å²) < 4.78 is 13.6. The highest BCUT2D eigenvalue weighted by Gasteiger charge is 2.19. The van der Waals surface area contributed by atoms with E-state index in [0.717, 1.165) is 18.8 Å². The van der Waals surface area contributed by atoms with Crippen LogP contribution >= 0.6 is 0 Å². The van der Waals surface area contributed by atoms with E-state index in [0.29, 0.717) is 11.7 Å². The Hall–Kier alpha value is -1.65. The van der Waals surface area contributed by atoms with Crippen molar-refractivity contribution in [2.45, 2.75) is 57.9 Å². The third-order valence-corrected chi connectivity index (χ3v) is 4.30. The Morgan fingerprint density at radius 2 is 2.14 bits per heavy atom. The molecular weight excluding hydrogens is 271 g/mol. The molecule has 0 heterocycles. The fourth-order valence-corrected chi connectivity index (χ4v) is 3.20. The highest BCUT2D eigenvalue weighted by Crippen LogP contribution is 2.29. The van der Waals surface area contributed by atoms with Gasteiger partial charge in [-0.25, -0.2) is 0 Å². The second-order valence-corrected chi connectivity index (χ2v) is 5.93. The normalized spacial score (nSPS) is 22.6. The van der Waals surface area contributed by atoms with Crippen molar-refractivity contribution >= 4 is 11.4 Å². The third kappa shape index (κ3) is 4.41. The summed E-state index contributed by atoms with van der Waals surface area (Å²) in [5.74, 6) is 0.0397. The van der Waals surface area contributed by atoms with E-state index < -0.39 is 16.4 Å². The number of nitro benzene ring substituents is 1. The standard InChI is InChI=1S/C16H23FN2O2/c1-2-4-12-5-3-6-13(8-7-12)18-14-9-10-16(19(20)21)15(17)11-14/h9-13,18H,2-8H2,1H3. The molecule has 1 aliphatic rings. The molecule has 1 aromatic carbocycles. The first kappa shape index (κ1) is 15.7. The van der Waals surface area contributed by atoms with Gasteiger partial charge in [-0.05, 0) is 31.2 Å². The number of nitro groups is 1. The lowest BCUT2D eigenvalue weighted by Gasteiger charge is -2.18. The molecule has 0 saturated heterocycles. The van der Waals surface area contributed by atoms with Crippen molar-refractivity contribution in [1.82, 2.24) is 0 Å². The predicted molar refractivity (Wildman–Crippen MR) is 81.9 cm³/mol. The first-order valence-corrected chi connectivity index (χ1v) is 7.80. The van der Waals surface area contributed by atoms with Crippen LogP contribution in [0.15, 0.2) is 18.2 Å². The Morgan fingerprint density at radius 1 is 1.33 bits per heavy atom. The van der Waals surface area contributed by atoms with Gasteiger partial charge in [0.1, 0.15) is 0 Å². The summed E-state index contributed by atoms with van der Waals surface area (Å²) >= 11 is 0. The topological polar surface area (TPSA) is 55.2 Å². The number of nitrogens with one attached hydrogen (secondary N) is 1. The monoisotopic (exact) mass is 294 g/mol. The van der Waals surface area contributed by atoms with Crippen molar-refractivity contribution < 1.29 is 9.31 Å². The summed E-state index contributed by atoms with van der Waals surface area (Å²) in [5, 5.41) is 13.9. The minimum absolute atomic E-state index is 0.340. The highest BCUT2D eigenvalue weighted by molar-refractivity contribution is 5.50. The molecule has 0 aromatic heterocycles. The van der Waals surface area contributed by atoms with Crippen molar-refractivity contribution in [1.29, 1.82) is 0 Å². The molecule has 2 atom stereocenters. The number of rotatable bonds is 5. The fourth-order valence-electron chi connectivity index (χ4n) is 3.20. The van der Waals surface area contributed by atoms with E-state index in [9.17, 15) is 14.5 Å². The molecule has 0 bridgehead atoms. The van der Waals surface area contributed by atoms with Crippen LogP contribution in [0.2, 0.25) is 0 Å². The van der Waals surface area contributed by atoms with E-state index in [1.165, 1.54) is 44.2 Å². The predicted octanol–water partition coefficient (Wildman–Crippen LogP) is 4.89. The van der Waals surface area contributed by atoms with E-state index in [1.54, 1.807) is 6.07 Å². The number of anilines is 1. The van der Waals surface area contributed by atoms with Gasteiger partial charge in [-0.15, -0.1) is 0 Å². The van der Waals surface area contributed by atoms with Gasteiger partial charge in [0.2, 0.25) is 5.82 Å². The summed E-state index contributed by atoms with van der Waals surface area (Å²) in [6, 6.07) is 4.39. The summed E-state index contributed by atoms with van der Waals surface area (Å²) in [6.07, 6.45) is 8.37. The molecule has 0 aliphatic heterocycles. The molecule has 1 saturated carbocycles. The van der Waals surface area contributed by atoms with Gasteiger partial charge in [-0.1, -0.05) is 32.6 Å². The Bertz CT molecular complexity index is 493. The van der Waals surface area contributed by atoms with E-state index in [1.807, 2.05) is 0 Å². The van der Waals surface area contributed by atoms with Crippen molar-refractivity contribution in [2.75, 3.05) is 5.32 Å².